The van der Waals surface area contributed by atoms with Gasteiger partial charge in [0.2, 0.25) is 0 Å². The fraction of sp³-hybridized carbons (Fsp3) is 0.241. The number of hydrogen-bond donors (Lipinski definition) is 1. The molecule has 4 rings (SSSR count). The fourth-order valence-corrected chi connectivity index (χ4v) is 3.96. The van der Waals surface area contributed by atoms with Crippen molar-refractivity contribution in [3.63, 3.8) is 0 Å². The predicted molar refractivity (Wildman–Crippen MR) is 127 cm³/mol. The van der Waals surface area contributed by atoms with Gasteiger partial charge in [-0.15, -0.1) is 0 Å². The maximum atomic E-state index is 10.6. The van der Waals surface area contributed by atoms with Gasteiger partial charge in [0.1, 0.15) is 0 Å². The SMILES string of the molecule is OC(C[n+]1ccc(CCc2ccccc2)cc1)C[n+]1ccc(CCc2ccccc2)cc1. The Hall–Kier alpha value is -3.30. The van der Waals surface area contributed by atoms with Crippen molar-refractivity contribution in [2.75, 3.05) is 0 Å². The van der Waals surface area contributed by atoms with E-state index in [1.165, 1.54) is 22.3 Å². The molecule has 0 radical (unpaired) electrons. The van der Waals surface area contributed by atoms with Crippen LogP contribution in [0, 0.1) is 0 Å². The molecule has 3 nitrogen and oxygen atoms in total. The molecule has 2 aromatic heterocycles. The predicted octanol–water partition coefficient (Wildman–Crippen LogP) is 3.89. The van der Waals surface area contributed by atoms with Gasteiger partial charge in [0.15, 0.2) is 44.0 Å². The summed E-state index contributed by atoms with van der Waals surface area (Å²) in [4.78, 5) is 0. The minimum absolute atomic E-state index is 0.435. The van der Waals surface area contributed by atoms with Crippen molar-refractivity contribution in [3.05, 3.63) is 132 Å². The molecule has 162 valence electrons. The molecule has 0 bridgehead atoms. The molecule has 0 aliphatic heterocycles. The van der Waals surface area contributed by atoms with Gasteiger partial charge in [0.05, 0.1) is 0 Å². The second-order valence-electron chi connectivity index (χ2n) is 8.43. The van der Waals surface area contributed by atoms with Crippen LogP contribution in [0.3, 0.4) is 0 Å². The number of nitrogens with zero attached hydrogens (tertiary/aromatic N) is 2. The number of pyridine rings is 2. The molecule has 0 saturated carbocycles. The molecule has 0 fully saturated rings. The quantitative estimate of drug-likeness (QED) is 0.384. The third kappa shape index (κ3) is 6.86. The standard InChI is InChI=1S/C29H32N2O/c32-29(23-30-19-15-27(16-20-30)13-11-25-7-3-1-4-8-25)24-31-21-17-28(18-22-31)14-12-26-9-5-2-6-10-26/h1-10,15-22,29,32H,11-14,23-24H2/q+2. The van der Waals surface area contributed by atoms with E-state index in [1.807, 2.05) is 0 Å². The Balaban J connectivity index is 1.23. The molecule has 0 saturated heterocycles. The van der Waals surface area contributed by atoms with E-state index in [0.29, 0.717) is 13.1 Å². The normalized spacial score (nSPS) is 11.1. The molecule has 3 heteroatoms. The van der Waals surface area contributed by atoms with Crippen LogP contribution < -0.4 is 9.13 Å². The lowest BCUT2D eigenvalue weighted by Gasteiger charge is -2.06. The monoisotopic (exact) mass is 424 g/mol. The minimum Gasteiger partial charge on any atom is -0.381 e. The van der Waals surface area contributed by atoms with E-state index in [2.05, 4.69) is 119 Å². The molecule has 2 heterocycles. The van der Waals surface area contributed by atoms with Crippen LogP contribution in [0.2, 0.25) is 0 Å². The Bertz CT molecular complexity index is 973. The molecular weight excluding hydrogens is 392 g/mol. The summed E-state index contributed by atoms with van der Waals surface area (Å²) >= 11 is 0. The van der Waals surface area contributed by atoms with E-state index < -0.39 is 6.10 Å². The number of rotatable bonds is 10. The fourth-order valence-electron chi connectivity index (χ4n) is 3.96. The maximum absolute atomic E-state index is 10.6. The molecule has 0 aliphatic rings. The van der Waals surface area contributed by atoms with Crippen molar-refractivity contribution in [2.45, 2.75) is 44.9 Å². The number of aryl methyl sites for hydroxylation is 4. The van der Waals surface area contributed by atoms with E-state index in [-0.39, 0.29) is 0 Å². The molecular formula is C29H32N2O+2. The second kappa shape index (κ2) is 11.4. The van der Waals surface area contributed by atoms with Crippen molar-refractivity contribution in [3.8, 4) is 0 Å². The van der Waals surface area contributed by atoms with E-state index >= 15 is 0 Å². The van der Waals surface area contributed by atoms with Crippen LogP contribution in [0.15, 0.2) is 110 Å². The van der Waals surface area contributed by atoms with Crippen molar-refractivity contribution in [1.82, 2.24) is 0 Å². The largest absolute Gasteiger partial charge is 0.381 e. The summed E-state index contributed by atoms with van der Waals surface area (Å²) in [6.07, 6.45) is 12.0. The van der Waals surface area contributed by atoms with Crippen molar-refractivity contribution < 1.29 is 14.2 Å². The summed E-state index contributed by atoms with van der Waals surface area (Å²) in [5, 5.41) is 10.6. The van der Waals surface area contributed by atoms with Crippen LogP contribution in [0.4, 0.5) is 0 Å². The summed E-state index contributed by atoms with van der Waals surface area (Å²) in [5.41, 5.74) is 5.37. The third-order valence-corrected chi connectivity index (χ3v) is 5.85. The lowest BCUT2D eigenvalue weighted by atomic mass is 10.1. The van der Waals surface area contributed by atoms with Crippen molar-refractivity contribution in [2.24, 2.45) is 0 Å². The highest BCUT2D eigenvalue weighted by atomic mass is 16.3. The van der Waals surface area contributed by atoms with Crippen molar-refractivity contribution in [1.29, 1.82) is 0 Å². The summed E-state index contributed by atoms with van der Waals surface area (Å²) in [6.45, 7) is 1.17. The molecule has 0 atom stereocenters. The van der Waals surface area contributed by atoms with Gasteiger partial charge in [0.25, 0.3) is 0 Å². The topological polar surface area (TPSA) is 28.0 Å². The highest BCUT2D eigenvalue weighted by Crippen LogP contribution is 2.07. The van der Waals surface area contributed by atoms with E-state index in [0.717, 1.165) is 25.7 Å². The zero-order chi connectivity index (χ0) is 22.0. The van der Waals surface area contributed by atoms with Crippen LogP contribution in [-0.2, 0) is 38.8 Å². The third-order valence-electron chi connectivity index (χ3n) is 5.85. The van der Waals surface area contributed by atoms with Gasteiger partial charge in [0, 0.05) is 24.3 Å². The Morgan fingerprint density at radius 1 is 0.469 bits per heavy atom. The van der Waals surface area contributed by atoms with Crippen LogP contribution >= 0.6 is 0 Å². The first-order chi connectivity index (χ1) is 15.7. The molecule has 0 spiro atoms. The zero-order valence-electron chi connectivity index (χ0n) is 18.6. The highest BCUT2D eigenvalue weighted by molar-refractivity contribution is 5.18. The van der Waals surface area contributed by atoms with Crippen molar-refractivity contribution >= 4 is 0 Å². The van der Waals surface area contributed by atoms with Gasteiger partial charge >= 0.3 is 0 Å². The lowest BCUT2D eigenvalue weighted by molar-refractivity contribution is -0.737. The smallest absolute Gasteiger partial charge is 0.180 e. The average molecular weight is 425 g/mol. The van der Waals surface area contributed by atoms with Crippen LogP contribution in [0.5, 0.6) is 0 Å². The molecule has 0 amide bonds. The molecule has 4 aromatic rings. The number of hydrogen-bond acceptors (Lipinski definition) is 1. The summed E-state index contributed by atoms with van der Waals surface area (Å²) in [7, 11) is 0. The summed E-state index contributed by atoms with van der Waals surface area (Å²) in [5.74, 6) is 0. The maximum Gasteiger partial charge on any atom is 0.180 e. The molecule has 32 heavy (non-hydrogen) atoms. The van der Waals surface area contributed by atoms with Crippen LogP contribution in [-0.4, -0.2) is 11.2 Å². The van der Waals surface area contributed by atoms with E-state index in [9.17, 15) is 5.11 Å². The highest BCUT2D eigenvalue weighted by Gasteiger charge is 2.16. The lowest BCUT2D eigenvalue weighted by Crippen LogP contribution is -2.47. The number of aliphatic hydroxyl groups is 1. The Kier molecular flexibility index (Phi) is 7.78. The molecule has 2 aromatic carbocycles. The van der Waals surface area contributed by atoms with Gasteiger partial charge in [-0.05, 0) is 47.9 Å². The Morgan fingerprint density at radius 2 is 0.781 bits per heavy atom. The average Bonchev–Trinajstić information content (AvgIpc) is 2.84. The number of benzene rings is 2. The molecule has 0 aliphatic carbocycles. The van der Waals surface area contributed by atoms with Gasteiger partial charge in [-0.25, -0.2) is 9.13 Å². The van der Waals surface area contributed by atoms with Gasteiger partial charge < -0.3 is 5.11 Å². The molecule has 1 N–H and O–H groups in total. The Morgan fingerprint density at radius 3 is 1.12 bits per heavy atom. The first-order valence-corrected chi connectivity index (χ1v) is 11.5. The number of aromatic nitrogens is 2. The van der Waals surface area contributed by atoms with Gasteiger partial charge in [-0.1, -0.05) is 60.7 Å². The summed E-state index contributed by atoms with van der Waals surface area (Å²) in [6, 6.07) is 29.8. The summed E-state index contributed by atoms with van der Waals surface area (Å²) < 4.78 is 4.12. The zero-order valence-corrected chi connectivity index (χ0v) is 18.6. The Labute approximate surface area is 191 Å². The first kappa shape index (κ1) is 21.9. The molecule has 0 unspecified atom stereocenters. The minimum atomic E-state index is -0.435. The van der Waals surface area contributed by atoms with E-state index in [1.54, 1.807) is 0 Å². The van der Waals surface area contributed by atoms with Gasteiger partial charge in [-0.2, -0.15) is 0 Å². The van der Waals surface area contributed by atoms with Gasteiger partial charge in [-0.3, -0.25) is 0 Å². The number of aliphatic hydroxyl groups excluding tert-OH is 1. The first-order valence-electron chi connectivity index (χ1n) is 11.5. The van der Waals surface area contributed by atoms with Crippen LogP contribution in [0.25, 0.3) is 0 Å². The van der Waals surface area contributed by atoms with Crippen LogP contribution in [0.1, 0.15) is 22.3 Å². The second-order valence-corrected chi connectivity index (χ2v) is 8.43. The van der Waals surface area contributed by atoms with E-state index in [4.69, 9.17) is 0 Å².